The highest BCUT2D eigenvalue weighted by Gasteiger charge is 2.01. The van der Waals surface area contributed by atoms with Crippen LogP contribution < -0.4 is 15.8 Å². The fourth-order valence-corrected chi connectivity index (χ4v) is 1.88. The van der Waals surface area contributed by atoms with Gasteiger partial charge in [-0.3, -0.25) is 4.79 Å². The van der Waals surface area contributed by atoms with Crippen LogP contribution in [0, 0.1) is 5.82 Å². The van der Waals surface area contributed by atoms with E-state index in [1.54, 1.807) is 30.3 Å². The second kappa shape index (κ2) is 7.26. The molecular weight excluding hydrogens is 283 g/mol. The molecule has 0 aliphatic rings. The maximum Gasteiger partial charge on any atom is 0.248 e. The molecule has 0 aromatic heterocycles. The number of rotatable bonds is 5. The molecular formula is C17H17FN2O2. The van der Waals surface area contributed by atoms with Gasteiger partial charge >= 0.3 is 0 Å². The summed E-state index contributed by atoms with van der Waals surface area (Å²) in [5.74, 6) is -0.136. The quantitative estimate of drug-likeness (QED) is 0.656. The van der Waals surface area contributed by atoms with E-state index in [4.69, 9.17) is 10.5 Å². The molecule has 0 radical (unpaired) electrons. The standard InChI is InChI=1S/C17H17FN2O2/c1-2-22-16-8-6-12(10-15(16)19)7-9-17(21)20-14-5-3-4-13(18)11-14/h3-11H,2,19H2,1H3,(H,20,21)/b9-7-. The molecule has 0 heterocycles. The molecule has 0 saturated carbocycles. The van der Waals surface area contributed by atoms with Crippen LogP contribution in [0.15, 0.2) is 48.5 Å². The number of anilines is 2. The van der Waals surface area contributed by atoms with Crippen molar-refractivity contribution in [3.05, 3.63) is 59.9 Å². The van der Waals surface area contributed by atoms with Crippen molar-refractivity contribution in [3.8, 4) is 5.75 Å². The lowest BCUT2D eigenvalue weighted by molar-refractivity contribution is -0.111. The first kappa shape index (κ1) is 15.6. The number of halogens is 1. The van der Waals surface area contributed by atoms with E-state index in [-0.39, 0.29) is 5.91 Å². The highest BCUT2D eigenvalue weighted by Crippen LogP contribution is 2.23. The van der Waals surface area contributed by atoms with Crippen molar-refractivity contribution in [2.75, 3.05) is 17.7 Å². The van der Waals surface area contributed by atoms with Crippen molar-refractivity contribution in [3.63, 3.8) is 0 Å². The number of benzene rings is 2. The van der Waals surface area contributed by atoms with Crippen molar-refractivity contribution in [2.24, 2.45) is 0 Å². The van der Waals surface area contributed by atoms with Crippen LogP contribution in [-0.2, 0) is 4.79 Å². The number of nitrogens with two attached hydrogens (primary N) is 1. The predicted octanol–water partition coefficient (Wildman–Crippen LogP) is 3.46. The molecule has 2 aromatic carbocycles. The summed E-state index contributed by atoms with van der Waals surface area (Å²) < 4.78 is 18.4. The zero-order valence-electron chi connectivity index (χ0n) is 12.2. The number of ether oxygens (including phenoxy) is 1. The highest BCUT2D eigenvalue weighted by molar-refractivity contribution is 6.01. The van der Waals surface area contributed by atoms with E-state index in [2.05, 4.69) is 5.32 Å². The Morgan fingerprint density at radius 3 is 2.82 bits per heavy atom. The molecule has 3 N–H and O–H groups in total. The molecule has 114 valence electrons. The van der Waals surface area contributed by atoms with E-state index < -0.39 is 5.82 Å². The van der Waals surface area contributed by atoms with Gasteiger partial charge in [0, 0.05) is 11.8 Å². The first-order chi connectivity index (χ1) is 10.6. The van der Waals surface area contributed by atoms with E-state index in [0.717, 1.165) is 5.56 Å². The van der Waals surface area contributed by atoms with Crippen LogP contribution in [0.2, 0.25) is 0 Å². The van der Waals surface area contributed by atoms with E-state index in [1.165, 1.54) is 24.3 Å². The van der Waals surface area contributed by atoms with E-state index >= 15 is 0 Å². The summed E-state index contributed by atoms with van der Waals surface area (Å²) in [5.41, 5.74) is 7.54. The summed E-state index contributed by atoms with van der Waals surface area (Å²) in [7, 11) is 0. The number of hydrogen-bond donors (Lipinski definition) is 2. The number of carbonyl (C=O) groups excluding carboxylic acids is 1. The predicted molar refractivity (Wildman–Crippen MR) is 86.1 cm³/mol. The number of carbonyl (C=O) groups is 1. The Balaban J connectivity index is 2.02. The van der Waals surface area contributed by atoms with Gasteiger partial charge < -0.3 is 15.8 Å². The topological polar surface area (TPSA) is 64.3 Å². The fourth-order valence-electron chi connectivity index (χ4n) is 1.88. The minimum absolute atomic E-state index is 0.349. The number of amides is 1. The van der Waals surface area contributed by atoms with Crippen molar-refractivity contribution >= 4 is 23.4 Å². The Hall–Kier alpha value is -2.82. The number of nitrogen functional groups attached to an aromatic ring is 1. The van der Waals surface area contributed by atoms with Gasteiger partial charge in [0.15, 0.2) is 0 Å². The van der Waals surface area contributed by atoms with Gasteiger partial charge in [0.25, 0.3) is 0 Å². The van der Waals surface area contributed by atoms with Gasteiger partial charge in [-0.15, -0.1) is 0 Å². The van der Waals surface area contributed by atoms with Gasteiger partial charge in [-0.1, -0.05) is 12.1 Å². The van der Waals surface area contributed by atoms with Crippen molar-refractivity contribution in [1.82, 2.24) is 0 Å². The van der Waals surface area contributed by atoms with Gasteiger partial charge in [-0.05, 0) is 48.9 Å². The average molecular weight is 300 g/mol. The third kappa shape index (κ3) is 4.34. The Morgan fingerprint density at radius 2 is 2.14 bits per heavy atom. The normalized spacial score (nSPS) is 10.6. The van der Waals surface area contributed by atoms with Crippen LogP contribution in [0.25, 0.3) is 6.08 Å². The smallest absolute Gasteiger partial charge is 0.248 e. The van der Waals surface area contributed by atoms with Crippen LogP contribution in [0.4, 0.5) is 15.8 Å². The first-order valence-corrected chi connectivity index (χ1v) is 6.85. The summed E-state index contributed by atoms with van der Waals surface area (Å²) in [4.78, 5) is 11.8. The third-order valence-corrected chi connectivity index (χ3v) is 2.85. The second-order valence-corrected chi connectivity index (χ2v) is 4.56. The average Bonchev–Trinajstić information content (AvgIpc) is 2.48. The highest BCUT2D eigenvalue weighted by atomic mass is 19.1. The van der Waals surface area contributed by atoms with Gasteiger partial charge in [-0.25, -0.2) is 4.39 Å². The first-order valence-electron chi connectivity index (χ1n) is 6.85. The summed E-state index contributed by atoms with van der Waals surface area (Å²) in [6.07, 6.45) is 2.99. The maximum absolute atomic E-state index is 13.0. The van der Waals surface area contributed by atoms with Crippen molar-refractivity contribution < 1.29 is 13.9 Å². The van der Waals surface area contributed by atoms with E-state index in [1.807, 2.05) is 6.92 Å². The number of hydrogen-bond acceptors (Lipinski definition) is 3. The van der Waals surface area contributed by atoms with Crippen LogP contribution in [0.3, 0.4) is 0 Å². The molecule has 0 spiro atoms. The van der Waals surface area contributed by atoms with Gasteiger partial charge in [0.1, 0.15) is 11.6 Å². The van der Waals surface area contributed by atoms with Crippen molar-refractivity contribution in [1.29, 1.82) is 0 Å². The summed E-state index contributed by atoms with van der Waals surface area (Å²) in [6.45, 7) is 2.42. The van der Waals surface area contributed by atoms with Gasteiger partial charge in [0.2, 0.25) is 5.91 Å². The van der Waals surface area contributed by atoms with Crippen LogP contribution in [-0.4, -0.2) is 12.5 Å². The minimum Gasteiger partial charge on any atom is -0.492 e. The molecule has 0 atom stereocenters. The molecule has 0 bridgehead atoms. The summed E-state index contributed by atoms with van der Waals surface area (Å²) in [6, 6.07) is 11.0. The Labute approximate surface area is 128 Å². The molecule has 2 aromatic rings. The van der Waals surface area contributed by atoms with Crippen molar-refractivity contribution in [2.45, 2.75) is 6.92 Å². The number of nitrogens with one attached hydrogen (secondary N) is 1. The Kier molecular flexibility index (Phi) is 5.14. The second-order valence-electron chi connectivity index (χ2n) is 4.56. The van der Waals surface area contributed by atoms with Gasteiger partial charge in [-0.2, -0.15) is 0 Å². The monoisotopic (exact) mass is 300 g/mol. The molecule has 2 rings (SSSR count). The van der Waals surface area contributed by atoms with Gasteiger partial charge in [0.05, 0.1) is 12.3 Å². The Bertz CT molecular complexity index is 699. The molecule has 1 amide bonds. The minimum atomic E-state index is -0.402. The lowest BCUT2D eigenvalue weighted by atomic mass is 10.1. The molecule has 22 heavy (non-hydrogen) atoms. The summed E-state index contributed by atoms with van der Waals surface area (Å²) in [5, 5.41) is 2.58. The fraction of sp³-hybridized carbons (Fsp3) is 0.118. The third-order valence-electron chi connectivity index (χ3n) is 2.85. The molecule has 0 unspecified atom stereocenters. The van der Waals surface area contributed by atoms with Crippen LogP contribution >= 0.6 is 0 Å². The molecule has 0 saturated heterocycles. The lowest BCUT2D eigenvalue weighted by Crippen LogP contribution is -2.07. The largest absolute Gasteiger partial charge is 0.492 e. The van der Waals surface area contributed by atoms with Crippen LogP contribution in [0.1, 0.15) is 12.5 Å². The SMILES string of the molecule is CCOc1ccc(/C=C\C(=O)Nc2cccc(F)c2)cc1N. The molecule has 0 aliphatic heterocycles. The van der Waals surface area contributed by atoms with E-state index in [0.29, 0.717) is 23.7 Å². The zero-order valence-corrected chi connectivity index (χ0v) is 12.2. The summed E-state index contributed by atoms with van der Waals surface area (Å²) >= 11 is 0. The lowest BCUT2D eigenvalue weighted by Gasteiger charge is -2.07. The van der Waals surface area contributed by atoms with Crippen LogP contribution in [0.5, 0.6) is 5.75 Å². The molecule has 0 aliphatic carbocycles. The maximum atomic E-state index is 13.0. The Morgan fingerprint density at radius 1 is 1.32 bits per heavy atom. The van der Waals surface area contributed by atoms with E-state index in [9.17, 15) is 9.18 Å². The zero-order chi connectivity index (χ0) is 15.9. The molecule has 0 fully saturated rings. The molecule has 4 nitrogen and oxygen atoms in total. The molecule has 5 heteroatoms.